The van der Waals surface area contributed by atoms with Crippen LogP contribution in [0.25, 0.3) is 17.0 Å². The number of benzene rings is 2. The number of aromatic nitrogens is 1. The largest absolute Gasteiger partial charge is 0.342 e. The predicted molar refractivity (Wildman–Crippen MR) is 116 cm³/mol. The summed E-state index contributed by atoms with van der Waals surface area (Å²) in [6.07, 6.45) is 5.07. The lowest BCUT2D eigenvalue weighted by atomic mass is 10.1. The van der Waals surface area contributed by atoms with Gasteiger partial charge in [-0.05, 0) is 24.1 Å². The zero-order valence-corrected chi connectivity index (χ0v) is 16.8. The molecular formula is C24H23N3O3. The molecule has 1 fully saturated rings. The van der Waals surface area contributed by atoms with Crippen LogP contribution in [0.15, 0.2) is 66.4 Å². The van der Waals surface area contributed by atoms with Gasteiger partial charge < -0.3 is 4.57 Å². The molecule has 1 saturated heterocycles. The molecule has 0 saturated carbocycles. The zero-order chi connectivity index (χ0) is 21.1. The normalized spacial score (nSPS) is 15.8. The highest BCUT2D eigenvalue weighted by atomic mass is 16.2. The smallest absolute Gasteiger partial charge is 0.331 e. The first-order chi connectivity index (χ1) is 14.6. The van der Waals surface area contributed by atoms with Crippen molar-refractivity contribution in [1.29, 1.82) is 0 Å². The number of fused-ring (bicyclic) bond motifs is 1. The lowest BCUT2D eigenvalue weighted by Crippen LogP contribution is -2.54. The van der Waals surface area contributed by atoms with Crippen molar-refractivity contribution in [3.05, 3.63) is 77.5 Å². The summed E-state index contributed by atoms with van der Waals surface area (Å²) in [5.41, 5.74) is 2.91. The maximum atomic E-state index is 12.9. The highest BCUT2D eigenvalue weighted by molar-refractivity contribution is 6.31. The number of carbonyl (C=O) groups is 3. The quantitative estimate of drug-likeness (QED) is 0.502. The molecule has 0 atom stereocenters. The summed E-state index contributed by atoms with van der Waals surface area (Å²) in [4.78, 5) is 38.5. The molecule has 6 heteroatoms. The second-order valence-corrected chi connectivity index (χ2v) is 7.34. The number of nitrogens with zero attached hydrogens (tertiary/aromatic N) is 2. The molecule has 0 spiro atoms. The topological polar surface area (TPSA) is 71.4 Å². The molecule has 152 valence electrons. The number of amides is 4. The summed E-state index contributed by atoms with van der Waals surface area (Å²) in [5, 5.41) is 3.23. The van der Waals surface area contributed by atoms with Gasteiger partial charge in [0.2, 0.25) is 0 Å². The highest BCUT2D eigenvalue weighted by Gasteiger charge is 2.35. The van der Waals surface area contributed by atoms with E-state index in [4.69, 9.17) is 0 Å². The van der Waals surface area contributed by atoms with E-state index in [1.54, 1.807) is 6.08 Å². The zero-order valence-electron chi connectivity index (χ0n) is 16.8. The minimum Gasteiger partial charge on any atom is -0.342 e. The van der Waals surface area contributed by atoms with Gasteiger partial charge in [0.05, 0.1) is 0 Å². The van der Waals surface area contributed by atoms with Crippen molar-refractivity contribution in [3.63, 3.8) is 0 Å². The number of imide groups is 2. The molecule has 4 amide bonds. The fourth-order valence-corrected chi connectivity index (χ4v) is 3.67. The van der Waals surface area contributed by atoms with Crippen molar-refractivity contribution in [2.45, 2.75) is 26.3 Å². The van der Waals surface area contributed by atoms with Crippen molar-refractivity contribution < 1.29 is 14.4 Å². The maximum Gasteiger partial charge on any atom is 0.331 e. The molecule has 1 aromatic heterocycles. The molecule has 30 heavy (non-hydrogen) atoms. The first-order valence-corrected chi connectivity index (χ1v) is 10.1. The van der Waals surface area contributed by atoms with Gasteiger partial charge in [0.25, 0.3) is 11.8 Å². The van der Waals surface area contributed by atoms with Crippen LogP contribution < -0.4 is 5.32 Å². The number of carbonyl (C=O) groups excluding carboxylic acids is 3. The average molecular weight is 401 g/mol. The minimum absolute atomic E-state index is 0.0201. The molecule has 2 aromatic carbocycles. The van der Waals surface area contributed by atoms with Gasteiger partial charge in [-0.1, -0.05) is 61.9 Å². The second kappa shape index (κ2) is 8.37. The van der Waals surface area contributed by atoms with Crippen LogP contribution in [0.2, 0.25) is 0 Å². The van der Waals surface area contributed by atoms with Crippen LogP contribution in [0.1, 0.15) is 30.9 Å². The van der Waals surface area contributed by atoms with E-state index < -0.39 is 17.8 Å². The van der Waals surface area contributed by atoms with Gasteiger partial charge >= 0.3 is 6.03 Å². The van der Waals surface area contributed by atoms with E-state index in [-0.39, 0.29) is 5.57 Å². The van der Waals surface area contributed by atoms with Crippen molar-refractivity contribution in [3.8, 4) is 0 Å². The first-order valence-electron chi connectivity index (χ1n) is 10.1. The van der Waals surface area contributed by atoms with Crippen molar-refractivity contribution in [2.75, 3.05) is 6.54 Å². The summed E-state index contributed by atoms with van der Waals surface area (Å²) in [6, 6.07) is 17.3. The number of nitrogens with one attached hydrogen (secondary N) is 1. The van der Waals surface area contributed by atoms with Gasteiger partial charge in [0.1, 0.15) is 5.57 Å². The van der Waals surface area contributed by atoms with E-state index in [0.717, 1.165) is 33.4 Å². The van der Waals surface area contributed by atoms with Crippen LogP contribution >= 0.6 is 0 Å². The summed E-state index contributed by atoms with van der Waals surface area (Å²) in [7, 11) is 0. The fourth-order valence-electron chi connectivity index (χ4n) is 3.67. The third-order valence-electron chi connectivity index (χ3n) is 5.24. The Labute approximate surface area is 174 Å². The van der Waals surface area contributed by atoms with E-state index >= 15 is 0 Å². The Morgan fingerprint density at radius 3 is 2.47 bits per heavy atom. The van der Waals surface area contributed by atoms with E-state index in [9.17, 15) is 14.4 Å². The maximum absolute atomic E-state index is 12.9. The fraction of sp³-hybridized carbons (Fsp3) is 0.208. The molecule has 0 aliphatic carbocycles. The number of unbranched alkanes of at least 4 members (excludes halogenated alkanes) is 1. The second-order valence-electron chi connectivity index (χ2n) is 7.34. The van der Waals surface area contributed by atoms with E-state index in [1.807, 2.05) is 55.6 Å². The van der Waals surface area contributed by atoms with E-state index in [0.29, 0.717) is 19.5 Å². The molecule has 1 N–H and O–H groups in total. The Balaban J connectivity index is 1.74. The lowest BCUT2D eigenvalue weighted by molar-refractivity contribution is -0.130. The number of urea groups is 1. The van der Waals surface area contributed by atoms with Crippen LogP contribution in [0.5, 0.6) is 0 Å². The first kappa shape index (κ1) is 19.6. The number of hydrogen-bond donors (Lipinski definition) is 1. The number of rotatable bonds is 6. The van der Waals surface area contributed by atoms with Gasteiger partial charge in [-0.3, -0.25) is 19.8 Å². The van der Waals surface area contributed by atoms with Gasteiger partial charge in [0.15, 0.2) is 0 Å². The summed E-state index contributed by atoms with van der Waals surface area (Å²) >= 11 is 0. The molecule has 1 aliphatic rings. The summed E-state index contributed by atoms with van der Waals surface area (Å²) in [6.45, 7) is 2.95. The molecule has 6 nitrogen and oxygen atoms in total. The predicted octanol–water partition coefficient (Wildman–Crippen LogP) is 3.95. The standard InChI is InChI=1S/C24H23N3O3/c1-2-3-13-27-23(29)20(22(28)25-24(27)30)14-18-16-26(15-17-9-5-4-6-10-17)21-12-8-7-11-19(18)21/h4-12,14,16H,2-3,13,15H2,1H3,(H,25,28,30)/b20-14-. The molecule has 0 bridgehead atoms. The van der Waals surface area contributed by atoms with Crippen LogP contribution in [0.4, 0.5) is 4.79 Å². The van der Waals surface area contributed by atoms with Gasteiger partial charge in [-0.2, -0.15) is 0 Å². The lowest BCUT2D eigenvalue weighted by Gasteiger charge is -2.26. The van der Waals surface area contributed by atoms with E-state index in [2.05, 4.69) is 22.0 Å². The van der Waals surface area contributed by atoms with Gasteiger partial charge in [-0.15, -0.1) is 0 Å². The molecule has 2 heterocycles. The Kier molecular flexibility index (Phi) is 5.48. The summed E-state index contributed by atoms with van der Waals surface area (Å²) < 4.78 is 2.10. The van der Waals surface area contributed by atoms with Crippen molar-refractivity contribution >= 4 is 34.8 Å². The summed E-state index contributed by atoms with van der Waals surface area (Å²) in [5.74, 6) is -1.20. The van der Waals surface area contributed by atoms with Gasteiger partial charge in [0, 0.05) is 35.8 Å². The Bertz CT molecular complexity index is 1140. The molecular weight excluding hydrogens is 378 g/mol. The monoisotopic (exact) mass is 401 g/mol. The van der Waals surface area contributed by atoms with Crippen molar-refractivity contribution in [1.82, 2.24) is 14.8 Å². The number of hydrogen-bond acceptors (Lipinski definition) is 3. The van der Waals surface area contributed by atoms with Crippen LogP contribution in [-0.2, 0) is 16.1 Å². The minimum atomic E-state index is -0.655. The molecule has 0 unspecified atom stereocenters. The molecule has 4 rings (SSSR count). The van der Waals surface area contributed by atoms with Gasteiger partial charge in [-0.25, -0.2) is 4.79 Å². The van der Waals surface area contributed by atoms with Crippen LogP contribution in [-0.4, -0.2) is 33.9 Å². The Hall–Kier alpha value is -3.67. The Morgan fingerprint density at radius 2 is 1.70 bits per heavy atom. The molecule has 3 aromatic rings. The van der Waals surface area contributed by atoms with Crippen LogP contribution in [0.3, 0.4) is 0 Å². The number of barbiturate groups is 1. The SMILES string of the molecule is CCCCN1C(=O)NC(=O)/C(=C/c2cn(Cc3ccccc3)c3ccccc23)C1=O. The molecule has 0 radical (unpaired) electrons. The number of para-hydroxylation sites is 1. The van der Waals surface area contributed by atoms with E-state index in [1.165, 1.54) is 0 Å². The van der Waals surface area contributed by atoms with Crippen LogP contribution in [0, 0.1) is 0 Å². The Morgan fingerprint density at radius 1 is 0.967 bits per heavy atom. The highest BCUT2D eigenvalue weighted by Crippen LogP contribution is 2.26. The van der Waals surface area contributed by atoms with Crippen molar-refractivity contribution in [2.24, 2.45) is 0 Å². The third-order valence-corrected chi connectivity index (χ3v) is 5.24. The average Bonchev–Trinajstić information content (AvgIpc) is 3.09. The molecule has 1 aliphatic heterocycles. The third kappa shape index (κ3) is 3.76.